The summed E-state index contributed by atoms with van der Waals surface area (Å²) in [7, 11) is 0. The molecule has 0 radical (unpaired) electrons. The molecule has 1 aromatic heterocycles. The van der Waals surface area contributed by atoms with Crippen molar-refractivity contribution >= 4 is 28.4 Å². The molecule has 0 spiro atoms. The number of benzene rings is 2. The number of Topliss-reactive ketones (excluding diaryl/α,β-unsaturated/α-hetero) is 1. The Balaban J connectivity index is 1.66. The van der Waals surface area contributed by atoms with Crippen LogP contribution in [0.15, 0.2) is 60.3 Å². The number of hydrogen-bond donors (Lipinski definition) is 2. The van der Waals surface area contributed by atoms with Gasteiger partial charge in [0.25, 0.3) is 11.7 Å². The van der Waals surface area contributed by atoms with Crippen molar-refractivity contribution in [1.82, 2.24) is 9.88 Å². The monoisotopic (exact) mass is 446 g/mol. The maximum Gasteiger partial charge on any atom is 0.295 e. The molecule has 2 aliphatic heterocycles. The number of ketones is 1. The minimum atomic E-state index is -0.721. The molecule has 0 bridgehead atoms. The zero-order valence-electron chi connectivity index (χ0n) is 18.4. The number of aliphatic hydroxyl groups is 1. The van der Waals surface area contributed by atoms with E-state index in [0.717, 1.165) is 29.3 Å². The van der Waals surface area contributed by atoms with Gasteiger partial charge in [0, 0.05) is 41.4 Å². The normalized spacial score (nSPS) is 22.4. The predicted octanol–water partition coefficient (Wildman–Crippen LogP) is 4.17. The lowest BCUT2D eigenvalue weighted by Gasteiger charge is -2.27. The Labute approximate surface area is 191 Å². The van der Waals surface area contributed by atoms with Crippen LogP contribution in [0.25, 0.3) is 16.7 Å². The summed E-state index contributed by atoms with van der Waals surface area (Å²) in [5.41, 5.74) is 2.18. The van der Waals surface area contributed by atoms with Crippen LogP contribution in [0, 0.1) is 0 Å². The molecule has 3 heterocycles. The van der Waals surface area contributed by atoms with E-state index in [2.05, 4.69) is 4.98 Å². The Morgan fingerprint density at radius 2 is 2.06 bits per heavy atom. The van der Waals surface area contributed by atoms with Gasteiger partial charge in [-0.1, -0.05) is 30.3 Å². The third kappa shape index (κ3) is 3.78. The number of amides is 1. The number of aromatic amines is 1. The van der Waals surface area contributed by atoms with Crippen molar-refractivity contribution in [3.05, 3.63) is 71.4 Å². The Hall–Kier alpha value is -3.58. The molecule has 5 rings (SSSR count). The molecule has 33 heavy (non-hydrogen) atoms. The first-order valence-corrected chi connectivity index (χ1v) is 11.3. The second-order valence-corrected chi connectivity index (χ2v) is 8.34. The Kier molecular flexibility index (Phi) is 5.64. The van der Waals surface area contributed by atoms with Gasteiger partial charge in [-0.2, -0.15) is 0 Å². The first-order valence-electron chi connectivity index (χ1n) is 11.3. The maximum absolute atomic E-state index is 13.3. The van der Waals surface area contributed by atoms with E-state index in [4.69, 9.17) is 9.47 Å². The molecule has 2 saturated heterocycles. The number of aliphatic hydroxyl groups excluding tert-OH is 1. The average Bonchev–Trinajstić information content (AvgIpc) is 3.55. The van der Waals surface area contributed by atoms with Gasteiger partial charge in [0.15, 0.2) is 0 Å². The molecule has 2 N–H and O–H groups in total. The molecule has 1 amide bonds. The summed E-state index contributed by atoms with van der Waals surface area (Å²) in [6, 6.07) is 13.9. The number of nitrogens with zero attached hydrogens (tertiary/aromatic N) is 1. The van der Waals surface area contributed by atoms with Crippen LogP contribution in [-0.4, -0.2) is 52.5 Å². The van der Waals surface area contributed by atoms with E-state index in [1.807, 2.05) is 37.4 Å². The number of aromatic nitrogens is 1. The van der Waals surface area contributed by atoms with Crippen molar-refractivity contribution in [2.45, 2.75) is 31.9 Å². The molecular formula is C26H26N2O5. The Bertz CT molecular complexity index is 1240. The van der Waals surface area contributed by atoms with Gasteiger partial charge in [-0.15, -0.1) is 0 Å². The van der Waals surface area contributed by atoms with Crippen LogP contribution in [0.4, 0.5) is 0 Å². The largest absolute Gasteiger partial charge is 0.507 e. The summed E-state index contributed by atoms with van der Waals surface area (Å²) in [5.74, 6) is -0.940. The maximum atomic E-state index is 13.3. The molecule has 0 saturated carbocycles. The SMILES string of the molecule is CCOc1cccc(/C(O)=C2\C(=O)C(=O)N(CC3CCCO3)C2c2c[nH]c3ccccc23)c1. The van der Waals surface area contributed by atoms with Crippen molar-refractivity contribution in [3.63, 3.8) is 0 Å². The fraction of sp³-hybridized carbons (Fsp3) is 0.308. The number of carbonyl (C=O) groups excluding carboxylic acids is 2. The fourth-order valence-electron chi connectivity index (χ4n) is 4.77. The van der Waals surface area contributed by atoms with Gasteiger partial charge < -0.3 is 24.5 Å². The summed E-state index contributed by atoms with van der Waals surface area (Å²) in [6.45, 7) is 3.30. The Morgan fingerprint density at radius 3 is 2.85 bits per heavy atom. The van der Waals surface area contributed by atoms with Crippen LogP contribution in [0.5, 0.6) is 5.75 Å². The highest BCUT2D eigenvalue weighted by atomic mass is 16.5. The van der Waals surface area contributed by atoms with Gasteiger partial charge in [-0.05, 0) is 38.0 Å². The second-order valence-electron chi connectivity index (χ2n) is 8.34. The van der Waals surface area contributed by atoms with Crippen LogP contribution in [-0.2, 0) is 14.3 Å². The lowest BCUT2D eigenvalue weighted by atomic mass is 9.94. The highest BCUT2D eigenvalue weighted by Crippen LogP contribution is 2.42. The number of hydrogen-bond acceptors (Lipinski definition) is 5. The van der Waals surface area contributed by atoms with Gasteiger partial charge in [-0.3, -0.25) is 9.59 Å². The third-order valence-electron chi connectivity index (χ3n) is 6.30. The number of carbonyl (C=O) groups is 2. The lowest BCUT2D eigenvalue weighted by molar-refractivity contribution is -0.140. The molecule has 170 valence electrons. The van der Waals surface area contributed by atoms with Crippen LogP contribution < -0.4 is 4.74 Å². The molecule has 2 atom stereocenters. The van der Waals surface area contributed by atoms with E-state index in [1.54, 1.807) is 29.2 Å². The van der Waals surface area contributed by atoms with E-state index in [0.29, 0.717) is 31.1 Å². The van der Waals surface area contributed by atoms with E-state index in [-0.39, 0.29) is 17.4 Å². The minimum absolute atomic E-state index is 0.0800. The average molecular weight is 447 g/mol. The summed E-state index contributed by atoms with van der Waals surface area (Å²) >= 11 is 0. The first-order chi connectivity index (χ1) is 16.1. The molecule has 2 fully saturated rings. The van der Waals surface area contributed by atoms with Crippen molar-refractivity contribution in [1.29, 1.82) is 0 Å². The highest BCUT2D eigenvalue weighted by molar-refractivity contribution is 6.46. The third-order valence-corrected chi connectivity index (χ3v) is 6.30. The highest BCUT2D eigenvalue weighted by Gasteiger charge is 2.47. The lowest BCUT2D eigenvalue weighted by Crippen LogP contribution is -2.36. The van der Waals surface area contributed by atoms with Crippen LogP contribution >= 0.6 is 0 Å². The standard InChI is InChI=1S/C26H26N2O5/c1-2-32-17-8-5-7-16(13-17)24(29)22-23(20-14-27-21-11-4-3-10-19(20)21)28(26(31)25(22)30)15-18-9-6-12-33-18/h3-5,7-8,10-11,13-14,18,23,27,29H,2,6,9,12,15H2,1H3/b24-22+. The molecule has 2 aromatic carbocycles. The molecule has 0 aliphatic carbocycles. The quantitative estimate of drug-likeness (QED) is 0.337. The number of likely N-dealkylation sites (tertiary alicyclic amines) is 1. The van der Waals surface area contributed by atoms with E-state index in [1.165, 1.54) is 0 Å². The van der Waals surface area contributed by atoms with Crippen molar-refractivity contribution < 1.29 is 24.2 Å². The van der Waals surface area contributed by atoms with Crippen molar-refractivity contribution in [2.24, 2.45) is 0 Å². The Morgan fingerprint density at radius 1 is 1.21 bits per heavy atom. The predicted molar refractivity (Wildman–Crippen MR) is 124 cm³/mol. The fourth-order valence-corrected chi connectivity index (χ4v) is 4.77. The molecule has 7 heteroatoms. The number of H-pyrrole nitrogens is 1. The minimum Gasteiger partial charge on any atom is -0.507 e. The van der Waals surface area contributed by atoms with Crippen molar-refractivity contribution in [3.8, 4) is 5.75 Å². The number of nitrogens with one attached hydrogen (secondary N) is 1. The van der Waals surface area contributed by atoms with E-state index >= 15 is 0 Å². The summed E-state index contributed by atoms with van der Waals surface area (Å²) in [5, 5.41) is 12.2. The molecule has 2 aliphatic rings. The number of ether oxygens (including phenoxy) is 2. The van der Waals surface area contributed by atoms with Gasteiger partial charge in [0.2, 0.25) is 0 Å². The molecular weight excluding hydrogens is 420 g/mol. The number of para-hydroxylation sites is 1. The van der Waals surface area contributed by atoms with Gasteiger partial charge in [0.05, 0.1) is 24.3 Å². The van der Waals surface area contributed by atoms with Gasteiger partial charge >= 0.3 is 0 Å². The topological polar surface area (TPSA) is 91.9 Å². The number of fused-ring (bicyclic) bond motifs is 1. The summed E-state index contributed by atoms with van der Waals surface area (Å²) in [4.78, 5) is 31.2. The smallest absolute Gasteiger partial charge is 0.295 e. The van der Waals surface area contributed by atoms with Crippen LogP contribution in [0.3, 0.4) is 0 Å². The van der Waals surface area contributed by atoms with Crippen LogP contribution in [0.1, 0.15) is 36.9 Å². The van der Waals surface area contributed by atoms with E-state index in [9.17, 15) is 14.7 Å². The van der Waals surface area contributed by atoms with E-state index < -0.39 is 17.7 Å². The van der Waals surface area contributed by atoms with Gasteiger partial charge in [-0.25, -0.2) is 0 Å². The zero-order valence-corrected chi connectivity index (χ0v) is 18.4. The molecule has 3 aromatic rings. The molecule has 2 unspecified atom stereocenters. The summed E-state index contributed by atoms with van der Waals surface area (Å²) in [6.07, 6.45) is 3.45. The van der Waals surface area contributed by atoms with Crippen LogP contribution in [0.2, 0.25) is 0 Å². The zero-order chi connectivity index (χ0) is 22.9. The van der Waals surface area contributed by atoms with Gasteiger partial charge in [0.1, 0.15) is 11.5 Å². The summed E-state index contributed by atoms with van der Waals surface area (Å²) < 4.78 is 11.3. The molecule has 7 nitrogen and oxygen atoms in total. The first kappa shape index (κ1) is 21.3. The second kappa shape index (κ2) is 8.75. The number of rotatable bonds is 6. The van der Waals surface area contributed by atoms with Crippen molar-refractivity contribution in [2.75, 3.05) is 19.8 Å².